The number of aromatic nitrogens is 3. The van der Waals surface area contributed by atoms with Gasteiger partial charge in [-0.2, -0.15) is 0 Å². The fourth-order valence-electron chi connectivity index (χ4n) is 2.71. The summed E-state index contributed by atoms with van der Waals surface area (Å²) in [6.45, 7) is 0. The van der Waals surface area contributed by atoms with Crippen LogP contribution in [0.5, 0.6) is 0 Å². The molecule has 0 saturated heterocycles. The zero-order valence-corrected chi connectivity index (χ0v) is 14.4. The number of thioether (sulfide) groups is 1. The Labute approximate surface area is 148 Å². The lowest BCUT2D eigenvalue weighted by Gasteiger charge is -2.04. The molecule has 4 aromatic rings. The molecule has 4 rings (SSSR count). The summed E-state index contributed by atoms with van der Waals surface area (Å²) >= 11 is 1.41. The Morgan fingerprint density at radius 1 is 1.04 bits per heavy atom. The Kier molecular flexibility index (Phi) is 4.11. The molecule has 0 aliphatic rings. The molecular formula is C19H15N3O2S. The topological polar surface area (TPSA) is 56.5 Å². The van der Waals surface area contributed by atoms with E-state index in [0.717, 1.165) is 27.3 Å². The molecule has 5 nitrogen and oxygen atoms in total. The first-order valence-corrected chi connectivity index (χ1v) is 8.79. The molecule has 0 atom stereocenters. The SMILES string of the molecule is COC(=O)CSc1c(-c2ccccc2)nc2nc3cccccc3n12. The number of hydrogen-bond donors (Lipinski definition) is 0. The Morgan fingerprint density at radius 3 is 2.52 bits per heavy atom. The highest BCUT2D eigenvalue weighted by molar-refractivity contribution is 8.00. The quantitative estimate of drug-likeness (QED) is 0.414. The highest BCUT2D eigenvalue weighted by Crippen LogP contribution is 2.34. The lowest BCUT2D eigenvalue weighted by molar-refractivity contribution is -0.137. The number of methoxy groups -OCH3 is 1. The maximum Gasteiger partial charge on any atom is 0.316 e. The van der Waals surface area contributed by atoms with Gasteiger partial charge in [-0.25, -0.2) is 9.97 Å². The molecule has 0 bridgehead atoms. The molecule has 25 heavy (non-hydrogen) atoms. The molecule has 0 spiro atoms. The van der Waals surface area contributed by atoms with Crippen LogP contribution in [-0.2, 0) is 9.53 Å². The van der Waals surface area contributed by atoms with E-state index in [4.69, 9.17) is 9.72 Å². The normalized spacial score (nSPS) is 11.1. The number of benzene rings is 1. The van der Waals surface area contributed by atoms with Crippen LogP contribution in [0, 0.1) is 0 Å². The lowest BCUT2D eigenvalue weighted by Crippen LogP contribution is -2.03. The molecule has 0 radical (unpaired) electrons. The van der Waals surface area contributed by atoms with E-state index < -0.39 is 0 Å². The molecule has 0 fully saturated rings. The predicted molar refractivity (Wildman–Crippen MR) is 98.7 cm³/mol. The van der Waals surface area contributed by atoms with Crippen molar-refractivity contribution in [2.75, 3.05) is 12.9 Å². The summed E-state index contributed by atoms with van der Waals surface area (Å²) in [5.41, 5.74) is 3.65. The first kappa shape index (κ1) is 15.7. The molecule has 6 heteroatoms. The predicted octanol–water partition coefficient (Wildman–Crippen LogP) is 3.81. The van der Waals surface area contributed by atoms with Crippen molar-refractivity contribution in [3.63, 3.8) is 0 Å². The van der Waals surface area contributed by atoms with E-state index in [1.54, 1.807) is 0 Å². The zero-order chi connectivity index (χ0) is 17.2. The molecule has 0 N–H and O–H groups in total. The van der Waals surface area contributed by atoms with Crippen LogP contribution in [0.3, 0.4) is 0 Å². The van der Waals surface area contributed by atoms with E-state index in [9.17, 15) is 4.79 Å². The number of rotatable bonds is 4. The fraction of sp³-hybridized carbons (Fsp3) is 0.105. The maximum atomic E-state index is 11.7. The van der Waals surface area contributed by atoms with Gasteiger partial charge in [-0.05, 0) is 12.1 Å². The molecule has 0 unspecified atom stereocenters. The van der Waals surface area contributed by atoms with Gasteiger partial charge in [0.15, 0.2) is 0 Å². The molecule has 0 aliphatic carbocycles. The van der Waals surface area contributed by atoms with Gasteiger partial charge in [0.25, 0.3) is 0 Å². The van der Waals surface area contributed by atoms with E-state index in [1.807, 2.05) is 65.1 Å². The van der Waals surface area contributed by atoms with Gasteiger partial charge in [-0.1, -0.05) is 60.3 Å². The first-order valence-electron chi connectivity index (χ1n) is 7.80. The Balaban J connectivity index is 1.95. The summed E-state index contributed by atoms with van der Waals surface area (Å²) in [7, 11) is 1.40. The van der Waals surface area contributed by atoms with Crippen LogP contribution in [0.4, 0.5) is 0 Å². The fourth-order valence-corrected chi connectivity index (χ4v) is 3.69. The monoisotopic (exact) mass is 349 g/mol. The minimum Gasteiger partial charge on any atom is -0.468 e. The Morgan fingerprint density at radius 2 is 1.76 bits per heavy atom. The molecular weight excluding hydrogens is 334 g/mol. The second-order valence-corrected chi connectivity index (χ2v) is 6.39. The van der Waals surface area contributed by atoms with Crippen molar-refractivity contribution in [3.8, 4) is 11.3 Å². The minimum atomic E-state index is -0.270. The third kappa shape index (κ3) is 2.85. The van der Waals surface area contributed by atoms with E-state index >= 15 is 0 Å². The highest BCUT2D eigenvalue weighted by Gasteiger charge is 2.19. The van der Waals surface area contributed by atoms with Crippen molar-refractivity contribution < 1.29 is 9.53 Å². The third-order valence-electron chi connectivity index (χ3n) is 3.87. The van der Waals surface area contributed by atoms with Gasteiger partial charge in [0.2, 0.25) is 5.78 Å². The van der Waals surface area contributed by atoms with Crippen molar-refractivity contribution in [1.82, 2.24) is 14.4 Å². The van der Waals surface area contributed by atoms with Crippen LogP contribution in [-0.4, -0.2) is 33.2 Å². The highest BCUT2D eigenvalue weighted by atomic mass is 32.2. The van der Waals surface area contributed by atoms with E-state index in [0.29, 0.717) is 5.78 Å². The number of ether oxygens (including phenoxy) is 1. The van der Waals surface area contributed by atoms with E-state index in [1.165, 1.54) is 18.9 Å². The maximum absolute atomic E-state index is 11.7. The van der Waals surface area contributed by atoms with Crippen molar-refractivity contribution in [2.45, 2.75) is 5.03 Å². The number of carbonyl (C=O) groups excluding carboxylic acids is 1. The van der Waals surface area contributed by atoms with Crippen LogP contribution in [0.15, 0.2) is 65.7 Å². The molecule has 2 heterocycles. The molecule has 0 saturated carbocycles. The molecule has 0 amide bonds. The second-order valence-electron chi connectivity index (χ2n) is 5.42. The van der Waals surface area contributed by atoms with Crippen molar-refractivity contribution in [2.24, 2.45) is 0 Å². The van der Waals surface area contributed by atoms with Gasteiger partial charge in [0.05, 0.1) is 23.9 Å². The van der Waals surface area contributed by atoms with Gasteiger partial charge in [-0.3, -0.25) is 9.20 Å². The number of hydrogen-bond acceptors (Lipinski definition) is 5. The average molecular weight is 349 g/mol. The Bertz CT molecular complexity index is 1060. The van der Waals surface area contributed by atoms with E-state index in [2.05, 4.69) is 4.98 Å². The molecule has 0 aliphatic heterocycles. The van der Waals surface area contributed by atoms with Crippen molar-refractivity contribution in [1.29, 1.82) is 0 Å². The first-order chi connectivity index (χ1) is 12.3. The number of nitrogens with zero attached hydrogens (tertiary/aromatic N) is 3. The number of esters is 1. The number of carbonyl (C=O) groups is 1. The lowest BCUT2D eigenvalue weighted by atomic mass is 10.2. The van der Waals surface area contributed by atoms with Crippen LogP contribution < -0.4 is 0 Å². The minimum absolute atomic E-state index is 0.218. The molecule has 2 aromatic heterocycles. The van der Waals surface area contributed by atoms with Gasteiger partial charge in [0, 0.05) is 5.56 Å². The summed E-state index contributed by atoms with van der Waals surface area (Å²) in [5.74, 6) is 0.580. The smallest absolute Gasteiger partial charge is 0.316 e. The van der Waals surface area contributed by atoms with Crippen molar-refractivity contribution in [3.05, 3.63) is 60.7 Å². The van der Waals surface area contributed by atoms with E-state index in [-0.39, 0.29) is 11.7 Å². The number of imidazole rings is 2. The van der Waals surface area contributed by atoms with Gasteiger partial charge < -0.3 is 4.74 Å². The summed E-state index contributed by atoms with van der Waals surface area (Å²) in [5, 5.41) is 0.889. The number of fused-ring (bicyclic) bond motifs is 3. The largest absolute Gasteiger partial charge is 0.468 e. The standard InChI is InChI=1S/C19H15N3O2S/c1-24-16(23)12-25-18-17(13-8-4-2-5-9-13)21-19-20-14-10-6-3-7-11-15(14)22(18)19/h2-11H,12H2,1H3. The summed E-state index contributed by atoms with van der Waals surface area (Å²) in [6.07, 6.45) is 0. The molecule has 2 aromatic carbocycles. The summed E-state index contributed by atoms with van der Waals surface area (Å²) in [4.78, 5) is 21.0. The van der Waals surface area contributed by atoms with Crippen LogP contribution in [0.2, 0.25) is 0 Å². The van der Waals surface area contributed by atoms with Gasteiger partial charge >= 0.3 is 5.97 Å². The second kappa shape index (κ2) is 6.57. The van der Waals surface area contributed by atoms with Gasteiger partial charge in [0.1, 0.15) is 10.7 Å². The Hall–Kier alpha value is -2.86. The van der Waals surface area contributed by atoms with Crippen LogP contribution >= 0.6 is 11.8 Å². The van der Waals surface area contributed by atoms with Crippen LogP contribution in [0.1, 0.15) is 0 Å². The summed E-state index contributed by atoms with van der Waals surface area (Å²) in [6, 6.07) is 19.8. The summed E-state index contributed by atoms with van der Waals surface area (Å²) < 4.78 is 6.79. The van der Waals surface area contributed by atoms with Gasteiger partial charge in [-0.15, -0.1) is 0 Å². The van der Waals surface area contributed by atoms with Crippen molar-refractivity contribution >= 4 is 34.5 Å². The van der Waals surface area contributed by atoms with Crippen LogP contribution in [0.25, 0.3) is 28.1 Å². The molecule has 124 valence electrons. The average Bonchev–Trinajstić information content (AvgIpc) is 3.07. The third-order valence-corrected chi connectivity index (χ3v) is 4.90. The zero-order valence-electron chi connectivity index (χ0n) is 13.5.